The van der Waals surface area contributed by atoms with E-state index in [0.717, 1.165) is 0 Å². The molecule has 0 heterocycles. The van der Waals surface area contributed by atoms with Gasteiger partial charge in [0.1, 0.15) is 0 Å². The third kappa shape index (κ3) is 10.4. The molecule has 0 aliphatic heterocycles. The average molecular weight is 240 g/mol. The lowest BCUT2D eigenvalue weighted by Gasteiger charge is -2.11. The van der Waals surface area contributed by atoms with Crippen molar-refractivity contribution >= 4 is 7.91 Å². The van der Waals surface area contributed by atoms with Crippen LogP contribution in [0, 0.1) is 11.8 Å². The minimum absolute atomic E-state index is 0.146. The molecule has 0 bridgehead atoms. The summed E-state index contributed by atoms with van der Waals surface area (Å²) in [7, 11) is -4.30. The Bertz CT molecular complexity index is 189. The zero-order valence-corrected chi connectivity index (χ0v) is 10.9. The Balaban J connectivity index is 3.63. The van der Waals surface area contributed by atoms with Crippen LogP contribution in [0.15, 0.2) is 0 Å². The van der Waals surface area contributed by atoms with Gasteiger partial charge in [-0.15, -0.1) is 4.20 Å². The normalized spacial score (nSPS) is 12.7. The fraction of sp³-hybridized carbons (Fsp3) is 1.00. The average Bonchev–Trinajstić information content (AvgIpc) is 2.01. The molecular weight excluding hydrogens is 218 g/mol. The highest BCUT2D eigenvalue weighted by molar-refractivity contribution is 7.48. The second-order valence-electron chi connectivity index (χ2n) is 4.46. The van der Waals surface area contributed by atoms with Crippen molar-refractivity contribution in [3.05, 3.63) is 0 Å². The Morgan fingerprint density at radius 3 is 1.60 bits per heavy atom. The van der Waals surface area contributed by atoms with Crippen LogP contribution in [-0.2, 0) is 13.6 Å². The van der Waals surface area contributed by atoms with Gasteiger partial charge in [0, 0.05) is 0 Å². The van der Waals surface area contributed by atoms with Crippen LogP contribution < -0.4 is 0 Å². The number of rotatable bonds is 8. The van der Waals surface area contributed by atoms with E-state index >= 15 is 0 Å². The molecule has 92 valence electrons. The Morgan fingerprint density at radius 1 is 1.00 bits per heavy atom. The highest BCUT2D eigenvalue weighted by Gasteiger charge is 2.23. The fourth-order valence-corrected chi connectivity index (χ4v) is 1.55. The van der Waals surface area contributed by atoms with E-state index in [-0.39, 0.29) is 13.2 Å². The lowest BCUT2D eigenvalue weighted by molar-refractivity contribution is 0.162. The summed E-state index contributed by atoms with van der Waals surface area (Å²) >= 11 is 0. The van der Waals surface area contributed by atoms with E-state index in [2.05, 4.69) is 9.05 Å². The molecule has 0 atom stereocenters. The molecule has 0 radical (unpaired) electrons. The maximum Gasteiger partial charge on any atom is 0.513 e. The van der Waals surface area contributed by atoms with E-state index in [9.17, 15) is 8.76 Å². The van der Waals surface area contributed by atoms with Gasteiger partial charge in [-0.3, -0.25) is 9.05 Å². The summed E-state index contributed by atoms with van der Waals surface area (Å²) in [5.41, 5.74) is 0. The molecule has 0 N–H and O–H groups in total. The van der Waals surface area contributed by atoms with Crippen molar-refractivity contribution in [1.29, 1.82) is 0 Å². The quantitative estimate of drug-likeness (QED) is 0.597. The van der Waals surface area contributed by atoms with E-state index in [0.29, 0.717) is 24.7 Å². The van der Waals surface area contributed by atoms with Crippen LogP contribution in [-0.4, -0.2) is 13.2 Å². The van der Waals surface area contributed by atoms with Crippen LogP contribution in [0.4, 0.5) is 4.20 Å². The molecule has 0 aromatic rings. The molecule has 0 saturated heterocycles. The van der Waals surface area contributed by atoms with Gasteiger partial charge in [0.05, 0.1) is 13.2 Å². The summed E-state index contributed by atoms with van der Waals surface area (Å²) in [4.78, 5) is 0. The van der Waals surface area contributed by atoms with Crippen molar-refractivity contribution in [2.24, 2.45) is 11.8 Å². The molecule has 3 nitrogen and oxygen atoms in total. The van der Waals surface area contributed by atoms with Crippen molar-refractivity contribution in [2.45, 2.75) is 40.5 Å². The molecule has 0 amide bonds. The zero-order valence-electron chi connectivity index (χ0n) is 10.0. The molecule has 0 aromatic carbocycles. The molecule has 0 unspecified atom stereocenters. The molecule has 0 spiro atoms. The van der Waals surface area contributed by atoms with Gasteiger partial charge in [0.15, 0.2) is 0 Å². The minimum Gasteiger partial charge on any atom is -0.284 e. The Morgan fingerprint density at radius 2 is 1.33 bits per heavy atom. The molecule has 15 heavy (non-hydrogen) atoms. The van der Waals surface area contributed by atoms with Crippen LogP contribution >= 0.6 is 7.91 Å². The molecule has 0 saturated carbocycles. The molecule has 5 heteroatoms. The maximum atomic E-state index is 13.1. The SMILES string of the molecule is CC(C)CCOP(=O)(F)OCCC(C)C. The lowest BCUT2D eigenvalue weighted by atomic mass is 10.2. The van der Waals surface area contributed by atoms with Crippen LogP contribution in [0.5, 0.6) is 0 Å². The highest BCUT2D eigenvalue weighted by atomic mass is 31.2. The van der Waals surface area contributed by atoms with Gasteiger partial charge >= 0.3 is 7.91 Å². The topological polar surface area (TPSA) is 35.5 Å². The second kappa shape index (κ2) is 7.37. The van der Waals surface area contributed by atoms with Crippen molar-refractivity contribution < 1.29 is 17.8 Å². The summed E-state index contributed by atoms with van der Waals surface area (Å²) in [6, 6.07) is 0. The van der Waals surface area contributed by atoms with E-state index in [4.69, 9.17) is 0 Å². The van der Waals surface area contributed by atoms with Crippen molar-refractivity contribution in [1.82, 2.24) is 0 Å². The smallest absolute Gasteiger partial charge is 0.284 e. The zero-order chi connectivity index (χ0) is 11.9. The Labute approximate surface area is 92.0 Å². The summed E-state index contributed by atoms with van der Waals surface area (Å²) < 4.78 is 33.3. The van der Waals surface area contributed by atoms with Crippen LogP contribution in [0.1, 0.15) is 40.5 Å². The molecule has 0 fully saturated rings. The third-order valence-corrected chi connectivity index (χ3v) is 2.86. The van der Waals surface area contributed by atoms with Crippen molar-refractivity contribution in [3.63, 3.8) is 0 Å². The number of hydrogen-bond acceptors (Lipinski definition) is 3. The van der Waals surface area contributed by atoms with Gasteiger partial charge < -0.3 is 0 Å². The largest absolute Gasteiger partial charge is 0.513 e. The van der Waals surface area contributed by atoms with Crippen LogP contribution in [0.3, 0.4) is 0 Å². The van der Waals surface area contributed by atoms with Crippen LogP contribution in [0.25, 0.3) is 0 Å². The van der Waals surface area contributed by atoms with Crippen LogP contribution in [0.2, 0.25) is 0 Å². The second-order valence-corrected chi connectivity index (χ2v) is 5.84. The summed E-state index contributed by atoms with van der Waals surface area (Å²) in [6.45, 7) is 8.26. The van der Waals surface area contributed by atoms with E-state index in [1.54, 1.807) is 0 Å². The highest BCUT2D eigenvalue weighted by Crippen LogP contribution is 2.50. The van der Waals surface area contributed by atoms with Gasteiger partial charge in [-0.25, -0.2) is 4.57 Å². The molecule has 0 rings (SSSR count). The maximum absolute atomic E-state index is 13.1. The first-order valence-electron chi connectivity index (χ1n) is 5.42. The standard InChI is InChI=1S/C10H22FO3P/c1-9(2)5-7-13-15(11,12)14-8-6-10(3)4/h9-10H,5-8H2,1-4H3. The summed E-state index contributed by atoms with van der Waals surface area (Å²) in [6.07, 6.45) is 1.36. The lowest BCUT2D eigenvalue weighted by Crippen LogP contribution is -2.00. The molecule has 0 aromatic heterocycles. The van der Waals surface area contributed by atoms with Gasteiger partial charge in [-0.05, 0) is 24.7 Å². The first-order chi connectivity index (χ1) is 6.83. The first kappa shape index (κ1) is 15.1. The predicted octanol–water partition coefficient (Wildman–Crippen LogP) is 4.19. The third-order valence-electron chi connectivity index (χ3n) is 1.88. The minimum atomic E-state index is -4.30. The number of halogens is 1. The van der Waals surface area contributed by atoms with E-state index in [1.165, 1.54) is 0 Å². The predicted molar refractivity (Wildman–Crippen MR) is 59.5 cm³/mol. The van der Waals surface area contributed by atoms with Gasteiger partial charge in [0.25, 0.3) is 0 Å². The monoisotopic (exact) mass is 240 g/mol. The molecule has 0 aliphatic rings. The van der Waals surface area contributed by atoms with Gasteiger partial charge in [-0.2, -0.15) is 0 Å². The first-order valence-corrected chi connectivity index (χ1v) is 6.85. The number of hydrogen-bond donors (Lipinski definition) is 0. The summed E-state index contributed by atoms with van der Waals surface area (Å²) in [5.74, 6) is 0.807. The van der Waals surface area contributed by atoms with E-state index < -0.39 is 7.91 Å². The fourth-order valence-electron chi connectivity index (χ4n) is 0.832. The molecule has 0 aliphatic carbocycles. The Hall–Kier alpha value is 0.0800. The van der Waals surface area contributed by atoms with E-state index in [1.807, 2.05) is 27.7 Å². The van der Waals surface area contributed by atoms with Crippen molar-refractivity contribution in [2.75, 3.05) is 13.2 Å². The Kier molecular flexibility index (Phi) is 7.41. The van der Waals surface area contributed by atoms with Gasteiger partial charge in [0.2, 0.25) is 0 Å². The summed E-state index contributed by atoms with van der Waals surface area (Å²) in [5, 5.41) is 0. The van der Waals surface area contributed by atoms with Crippen molar-refractivity contribution in [3.8, 4) is 0 Å². The molecular formula is C10H22FO3P. The van der Waals surface area contributed by atoms with Gasteiger partial charge in [-0.1, -0.05) is 27.7 Å².